The number of nitrogens with one attached hydrogen (secondary N) is 1. The lowest BCUT2D eigenvalue weighted by molar-refractivity contribution is -0.120. The third-order valence-corrected chi connectivity index (χ3v) is 6.50. The summed E-state index contributed by atoms with van der Waals surface area (Å²) in [5.41, 5.74) is 0.387. The Hall–Kier alpha value is -2.15. The van der Waals surface area contributed by atoms with Crippen LogP contribution in [-0.4, -0.2) is 32.5 Å². The van der Waals surface area contributed by atoms with Crippen LogP contribution in [0.4, 0.5) is 4.39 Å². The Morgan fingerprint density at radius 1 is 1.36 bits per heavy atom. The van der Waals surface area contributed by atoms with Crippen molar-refractivity contribution >= 4 is 17.7 Å². The maximum atomic E-state index is 14.2. The average Bonchev–Trinajstić information content (AvgIpc) is 3.07. The first kappa shape index (κ1) is 20.6. The molecule has 0 saturated heterocycles. The predicted molar refractivity (Wildman–Crippen MR) is 110 cm³/mol. The first-order valence-corrected chi connectivity index (χ1v) is 10.7. The fourth-order valence-corrected chi connectivity index (χ4v) is 4.45. The van der Waals surface area contributed by atoms with Crippen LogP contribution >= 0.6 is 11.8 Å². The van der Waals surface area contributed by atoms with Crippen LogP contribution in [0, 0.1) is 17.7 Å². The molecule has 1 aromatic heterocycles. The van der Waals surface area contributed by atoms with Gasteiger partial charge in [0.1, 0.15) is 5.82 Å². The minimum Gasteiger partial charge on any atom is -0.352 e. The molecule has 0 bridgehead atoms. The Bertz CT molecular complexity index is 838. The number of nitrogens with zero attached hydrogens (tertiary/aromatic N) is 3. The van der Waals surface area contributed by atoms with Crippen molar-refractivity contribution < 1.29 is 9.18 Å². The van der Waals surface area contributed by atoms with Gasteiger partial charge in [-0.1, -0.05) is 56.7 Å². The average molecular weight is 403 g/mol. The van der Waals surface area contributed by atoms with Crippen LogP contribution in [-0.2, 0) is 11.3 Å². The zero-order valence-electron chi connectivity index (χ0n) is 16.4. The van der Waals surface area contributed by atoms with Gasteiger partial charge in [-0.2, -0.15) is 0 Å². The van der Waals surface area contributed by atoms with Gasteiger partial charge >= 0.3 is 0 Å². The second-order valence-electron chi connectivity index (χ2n) is 7.42. The molecule has 1 saturated carbocycles. The van der Waals surface area contributed by atoms with Gasteiger partial charge in [-0.05, 0) is 30.4 Å². The summed E-state index contributed by atoms with van der Waals surface area (Å²) in [5, 5.41) is 12.1. The van der Waals surface area contributed by atoms with Crippen molar-refractivity contribution in [3.05, 3.63) is 42.7 Å². The fraction of sp³-hybridized carbons (Fsp3) is 0.476. The molecule has 3 rings (SSSR count). The number of allylic oxidation sites excluding steroid dienone is 1. The number of carbonyl (C=O) groups is 1. The molecule has 0 spiro atoms. The number of thioether (sulfide) groups is 1. The number of amides is 1. The van der Waals surface area contributed by atoms with E-state index < -0.39 is 0 Å². The monoisotopic (exact) mass is 402 g/mol. The smallest absolute Gasteiger partial charge is 0.230 e. The van der Waals surface area contributed by atoms with Gasteiger partial charge < -0.3 is 5.32 Å². The zero-order valence-corrected chi connectivity index (χ0v) is 17.2. The van der Waals surface area contributed by atoms with Crippen LogP contribution in [0.2, 0.25) is 0 Å². The molecule has 28 heavy (non-hydrogen) atoms. The van der Waals surface area contributed by atoms with E-state index in [1.165, 1.54) is 24.2 Å². The van der Waals surface area contributed by atoms with Crippen LogP contribution in [0.25, 0.3) is 11.4 Å². The van der Waals surface area contributed by atoms with Gasteiger partial charge in [0, 0.05) is 12.6 Å². The van der Waals surface area contributed by atoms with Gasteiger partial charge in [0.05, 0.1) is 11.3 Å². The van der Waals surface area contributed by atoms with Gasteiger partial charge in [0.25, 0.3) is 0 Å². The molecule has 2 aromatic rings. The molecule has 7 heteroatoms. The summed E-state index contributed by atoms with van der Waals surface area (Å²) in [6, 6.07) is 6.70. The molecule has 1 aliphatic carbocycles. The Morgan fingerprint density at radius 2 is 2.14 bits per heavy atom. The van der Waals surface area contributed by atoms with E-state index in [1.807, 2.05) is 0 Å². The number of benzene rings is 1. The maximum absolute atomic E-state index is 14.2. The van der Waals surface area contributed by atoms with Crippen molar-refractivity contribution in [1.82, 2.24) is 20.1 Å². The number of halogens is 1. The molecule has 0 unspecified atom stereocenters. The lowest BCUT2D eigenvalue weighted by Gasteiger charge is -2.34. The predicted octanol–water partition coefficient (Wildman–Crippen LogP) is 4.30. The van der Waals surface area contributed by atoms with Crippen molar-refractivity contribution in [2.45, 2.75) is 50.9 Å². The molecule has 1 amide bonds. The van der Waals surface area contributed by atoms with E-state index in [1.54, 1.807) is 28.8 Å². The van der Waals surface area contributed by atoms with Crippen molar-refractivity contribution in [1.29, 1.82) is 0 Å². The van der Waals surface area contributed by atoms with Gasteiger partial charge in [-0.15, -0.1) is 16.8 Å². The maximum Gasteiger partial charge on any atom is 0.230 e. The topological polar surface area (TPSA) is 59.8 Å². The van der Waals surface area contributed by atoms with Crippen LogP contribution in [0.3, 0.4) is 0 Å². The minimum absolute atomic E-state index is 0.00320. The molecule has 150 valence electrons. The molecule has 1 aromatic carbocycles. The van der Waals surface area contributed by atoms with Crippen LogP contribution in [0.15, 0.2) is 42.1 Å². The van der Waals surface area contributed by atoms with Crippen molar-refractivity contribution in [2.24, 2.45) is 11.8 Å². The summed E-state index contributed by atoms with van der Waals surface area (Å²) >= 11 is 1.31. The summed E-state index contributed by atoms with van der Waals surface area (Å²) in [6.07, 6.45) is 5.13. The highest BCUT2D eigenvalue weighted by Crippen LogP contribution is 2.30. The van der Waals surface area contributed by atoms with E-state index in [4.69, 9.17) is 0 Å². The Kier molecular flexibility index (Phi) is 6.88. The first-order chi connectivity index (χ1) is 13.5. The lowest BCUT2D eigenvalue weighted by Crippen LogP contribution is -2.44. The SMILES string of the molecule is C=CCn1c(SCC(=O)N[C@@H]2CCC[C@@H](C)[C@@H]2C)nnc1-c1ccccc1F. The second kappa shape index (κ2) is 9.37. The third kappa shape index (κ3) is 4.63. The van der Waals surface area contributed by atoms with Gasteiger partial charge in [0.2, 0.25) is 5.91 Å². The number of rotatable bonds is 7. The van der Waals surface area contributed by atoms with Gasteiger partial charge in [-0.25, -0.2) is 4.39 Å². The number of carbonyl (C=O) groups excluding carboxylic acids is 1. The fourth-order valence-electron chi connectivity index (χ4n) is 3.70. The summed E-state index contributed by atoms with van der Waals surface area (Å²) in [6.45, 7) is 8.67. The van der Waals surface area contributed by atoms with Crippen molar-refractivity contribution in [3.63, 3.8) is 0 Å². The Balaban J connectivity index is 1.68. The van der Waals surface area contributed by atoms with Crippen LogP contribution < -0.4 is 5.32 Å². The number of aromatic nitrogens is 3. The second-order valence-corrected chi connectivity index (χ2v) is 8.36. The molecule has 1 heterocycles. The van der Waals surface area contributed by atoms with E-state index in [0.717, 1.165) is 12.8 Å². The summed E-state index contributed by atoms with van der Waals surface area (Å²) in [4.78, 5) is 12.5. The van der Waals surface area contributed by atoms with Gasteiger partial charge in [0.15, 0.2) is 11.0 Å². The van der Waals surface area contributed by atoms with Crippen LogP contribution in [0.1, 0.15) is 33.1 Å². The van der Waals surface area contributed by atoms with E-state index in [0.29, 0.717) is 34.9 Å². The largest absolute Gasteiger partial charge is 0.352 e. The minimum atomic E-state index is -0.352. The molecular weight excluding hydrogens is 375 g/mol. The Morgan fingerprint density at radius 3 is 2.89 bits per heavy atom. The molecule has 1 N–H and O–H groups in total. The molecule has 1 fully saturated rings. The van der Waals surface area contributed by atoms with Gasteiger partial charge in [-0.3, -0.25) is 9.36 Å². The zero-order chi connectivity index (χ0) is 20.1. The van der Waals surface area contributed by atoms with Crippen molar-refractivity contribution in [2.75, 3.05) is 5.75 Å². The van der Waals surface area contributed by atoms with E-state index in [2.05, 4.69) is 35.9 Å². The molecule has 3 atom stereocenters. The lowest BCUT2D eigenvalue weighted by atomic mass is 9.78. The highest BCUT2D eigenvalue weighted by molar-refractivity contribution is 7.99. The first-order valence-electron chi connectivity index (χ1n) is 9.72. The standard InChI is InChI=1S/C21H27FN4OS/c1-4-12-26-20(16-9-5-6-10-17(16)22)24-25-21(26)28-13-19(27)23-18-11-7-8-14(2)15(18)3/h4-6,9-10,14-15,18H,1,7-8,11-13H2,2-3H3,(H,23,27)/t14-,15+,18-/m1/s1. The summed E-state index contributed by atoms with van der Waals surface area (Å²) in [5.74, 6) is 1.46. The van der Waals surface area contributed by atoms with Crippen molar-refractivity contribution in [3.8, 4) is 11.4 Å². The van der Waals surface area contributed by atoms with E-state index in [-0.39, 0.29) is 23.5 Å². The van der Waals surface area contributed by atoms with E-state index >= 15 is 0 Å². The number of hydrogen-bond acceptors (Lipinski definition) is 4. The highest BCUT2D eigenvalue weighted by atomic mass is 32.2. The highest BCUT2D eigenvalue weighted by Gasteiger charge is 2.28. The molecule has 0 aliphatic heterocycles. The normalized spacial score (nSPS) is 22.0. The third-order valence-electron chi connectivity index (χ3n) is 5.53. The molecular formula is C21H27FN4OS. The summed E-state index contributed by atoms with van der Waals surface area (Å²) in [7, 11) is 0. The van der Waals surface area contributed by atoms with E-state index in [9.17, 15) is 9.18 Å². The quantitative estimate of drug-likeness (QED) is 0.554. The molecule has 1 aliphatic rings. The molecule has 5 nitrogen and oxygen atoms in total. The Labute approximate surface area is 169 Å². The number of hydrogen-bond donors (Lipinski definition) is 1. The van der Waals surface area contributed by atoms with Crippen LogP contribution in [0.5, 0.6) is 0 Å². The molecule has 0 radical (unpaired) electrons. The summed E-state index contributed by atoms with van der Waals surface area (Å²) < 4.78 is 16.0.